The predicted octanol–water partition coefficient (Wildman–Crippen LogP) is 1.02. The number of carboxylic acid groups (broad SMARTS) is 2. The first-order chi connectivity index (χ1) is 23.3. The van der Waals surface area contributed by atoms with E-state index >= 15 is 0 Å². The normalized spacial score (nSPS) is 26.5. The molecule has 0 radical (unpaired) electrons. The third kappa shape index (κ3) is 5.66. The van der Waals surface area contributed by atoms with Gasteiger partial charge >= 0.3 is 29.8 Å². The molecule has 1 spiro atoms. The minimum absolute atomic E-state index is 0.0332. The summed E-state index contributed by atoms with van der Waals surface area (Å²) in [6, 6.07) is 10.8. The maximum absolute atomic E-state index is 13.2. The molecule has 2 heterocycles. The van der Waals surface area contributed by atoms with E-state index in [-0.39, 0.29) is 23.8 Å². The quantitative estimate of drug-likeness (QED) is 0.182. The Balaban J connectivity index is 1.18. The van der Waals surface area contributed by atoms with Crippen LogP contribution in [-0.2, 0) is 50.0 Å². The van der Waals surface area contributed by atoms with Gasteiger partial charge in [0.05, 0.1) is 31.0 Å². The number of likely N-dealkylation sites (N-methyl/N-ethyl adjacent to an activating group) is 1. The molecule has 15 heteroatoms. The van der Waals surface area contributed by atoms with E-state index in [2.05, 4.69) is 4.90 Å². The molecule has 4 aliphatic rings. The van der Waals surface area contributed by atoms with Crippen molar-refractivity contribution in [2.75, 3.05) is 20.7 Å². The van der Waals surface area contributed by atoms with Crippen LogP contribution in [-0.4, -0.2) is 106 Å². The first-order valence-corrected chi connectivity index (χ1v) is 15.6. The second kappa shape index (κ2) is 12.8. The summed E-state index contributed by atoms with van der Waals surface area (Å²) in [5.41, 5.74) is -0.359. The molecular formula is C34H35NO14. The van der Waals surface area contributed by atoms with Crippen molar-refractivity contribution in [3.8, 4) is 11.5 Å². The van der Waals surface area contributed by atoms with Gasteiger partial charge in [0.15, 0.2) is 23.7 Å². The number of esters is 3. The van der Waals surface area contributed by atoms with Crippen molar-refractivity contribution in [2.45, 2.75) is 73.6 Å². The molecule has 2 aliphatic heterocycles. The Kier molecular flexibility index (Phi) is 8.85. The van der Waals surface area contributed by atoms with Gasteiger partial charge in [0.25, 0.3) is 0 Å². The molecule has 2 aromatic rings. The van der Waals surface area contributed by atoms with Gasteiger partial charge in [0.1, 0.15) is 5.76 Å². The number of aliphatic carboxylic acids is 2. The summed E-state index contributed by atoms with van der Waals surface area (Å²) in [6.45, 7) is 0.642. The van der Waals surface area contributed by atoms with Crippen LogP contribution >= 0.6 is 0 Å². The van der Waals surface area contributed by atoms with Gasteiger partial charge in [-0.2, -0.15) is 0 Å². The standard InChI is InChI=1S/C34H35NO14/c1-35-13-12-33-26-18-8-9-20(45-2)28(26)48-29(33)21(10-11-34(33,44)23(35)14-18)46-25(39)15-19(36)31(42)49-27(17-6-4-3-5-7-17)32(43)47-22(30(40)41)16-24(37)38/h3-10,19,22-23,27,29,36,44H,11-16H2,1-2H3,(H,37,38)(H,40,41)/t19-,22-,23-,27-,29+,33+,34-/m0/s1. The summed E-state index contributed by atoms with van der Waals surface area (Å²) in [5, 5.41) is 41.3. The second-order valence-corrected chi connectivity index (χ2v) is 12.6. The van der Waals surface area contributed by atoms with Crippen molar-refractivity contribution in [3.05, 3.63) is 71.0 Å². The number of aliphatic hydroxyl groups excluding tert-OH is 1. The van der Waals surface area contributed by atoms with Crippen LogP contribution < -0.4 is 9.47 Å². The highest BCUT2D eigenvalue weighted by molar-refractivity contribution is 5.87. The molecule has 15 nitrogen and oxygen atoms in total. The lowest BCUT2D eigenvalue weighted by Crippen LogP contribution is -2.74. The average Bonchev–Trinajstić information content (AvgIpc) is 3.42. The molecule has 4 N–H and O–H groups in total. The SMILES string of the molecule is COc1ccc2c3c1O[C@@H]1C(OC(=O)C[C@H](O)C(=O)O[C@H](C(=O)O[C@@H](CC(=O)O)C(=O)O)c4ccccc4)=CC[C@]4(O)[C@H](C2)N(C)CC[C@@]314. The van der Waals surface area contributed by atoms with Crippen LogP contribution in [0, 0.1) is 0 Å². The molecule has 2 aromatic carbocycles. The maximum Gasteiger partial charge on any atom is 0.353 e. The van der Waals surface area contributed by atoms with E-state index in [4.69, 9.17) is 28.8 Å². The molecule has 260 valence electrons. The third-order valence-corrected chi connectivity index (χ3v) is 9.87. The number of hydrogen-bond acceptors (Lipinski definition) is 13. The third-order valence-electron chi connectivity index (χ3n) is 9.87. The van der Waals surface area contributed by atoms with Crippen LogP contribution in [0.3, 0.4) is 0 Å². The lowest BCUT2D eigenvalue weighted by molar-refractivity contribution is -0.183. The molecule has 1 fully saturated rings. The summed E-state index contributed by atoms with van der Waals surface area (Å²) < 4.78 is 27.7. The van der Waals surface area contributed by atoms with Crippen molar-refractivity contribution in [2.24, 2.45) is 0 Å². The summed E-state index contributed by atoms with van der Waals surface area (Å²) in [5.74, 6) is -6.11. The first-order valence-electron chi connectivity index (χ1n) is 15.6. The number of carbonyl (C=O) groups excluding carboxylic acids is 3. The fraction of sp³-hybridized carbons (Fsp3) is 0.441. The number of carbonyl (C=O) groups is 5. The molecule has 0 unspecified atom stereocenters. The van der Waals surface area contributed by atoms with E-state index < -0.39 is 78.1 Å². The fourth-order valence-corrected chi connectivity index (χ4v) is 7.62. The van der Waals surface area contributed by atoms with Gasteiger partial charge in [-0.3, -0.25) is 9.59 Å². The molecule has 2 aliphatic carbocycles. The number of nitrogens with zero attached hydrogens (tertiary/aromatic N) is 1. The van der Waals surface area contributed by atoms with Gasteiger partial charge < -0.3 is 49.0 Å². The lowest BCUT2D eigenvalue weighted by atomic mass is 9.50. The largest absolute Gasteiger partial charge is 0.493 e. The maximum atomic E-state index is 13.2. The van der Waals surface area contributed by atoms with Crippen LogP contribution in [0.1, 0.15) is 48.5 Å². The Morgan fingerprint density at radius 3 is 2.43 bits per heavy atom. The number of benzene rings is 2. The van der Waals surface area contributed by atoms with Gasteiger partial charge in [0, 0.05) is 23.6 Å². The second-order valence-electron chi connectivity index (χ2n) is 12.6. The van der Waals surface area contributed by atoms with Gasteiger partial charge in [0.2, 0.25) is 12.2 Å². The molecule has 0 aromatic heterocycles. The summed E-state index contributed by atoms with van der Waals surface area (Å²) in [4.78, 5) is 63.7. The Bertz CT molecular complexity index is 1720. The van der Waals surface area contributed by atoms with Gasteiger partial charge in [-0.15, -0.1) is 0 Å². The van der Waals surface area contributed by atoms with Crippen LogP contribution in [0.2, 0.25) is 0 Å². The minimum atomic E-state index is -2.13. The Morgan fingerprint density at radius 2 is 1.76 bits per heavy atom. The zero-order valence-corrected chi connectivity index (χ0v) is 26.6. The van der Waals surface area contributed by atoms with Gasteiger partial charge in [-0.05, 0) is 44.1 Å². The molecule has 7 atom stereocenters. The molecule has 49 heavy (non-hydrogen) atoms. The number of likely N-dealkylation sites (tertiary alicyclic amines) is 1. The summed E-state index contributed by atoms with van der Waals surface area (Å²) in [7, 11) is 3.46. The highest BCUT2D eigenvalue weighted by atomic mass is 16.6. The van der Waals surface area contributed by atoms with E-state index in [1.54, 1.807) is 18.2 Å². The van der Waals surface area contributed by atoms with Crippen molar-refractivity contribution in [1.29, 1.82) is 0 Å². The van der Waals surface area contributed by atoms with E-state index in [0.717, 1.165) is 11.1 Å². The number of piperidine rings is 1. The minimum Gasteiger partial charge on any atom is -0.493 e. The Morgan fingerprint density at radius 1 is 1.02 bits per heavy atom. The van der Waals surface area contributed by atoms with Crippen molar-refractivity contribution in [1.82, 2.24) is 4.90 Å². The number of carboxylic acids is 2. The zero-order valence-electron chi connectivity index (χ0n) is 26.6. The highest BCUT2D eigenvalue weighted by Crippen LogP contribution is 2.65. The summed E-state index contributed by atoms with van der Waals surface area (Å²) in [6.07, 6.45) is -6.18. The van der Waals surface area contributed by atoms with Gasteiger partial charge in [-0.1, -0.05) is 36.4 Å². The number of aliphatic hydroxyl groups is 2. The van der Waals surface area contributed by atoms with Crippen LogP contribution in [0.15, 0.2) is 54.3 Å². The molecule has 6 rings (SSSR count). The molecular weight excluding hydrogens is 646 g/mol. The monoisotopic (exact) mass is 681 g/mol. The van der Waals surface area contributed by atoms with Crippen LogP contribution in [0.4, 0.5) is 0 Å². The molecule has 0 amide bonds. The first kappa shape index (κ1) is 33.9. The Hall–Kier alpha value is -4.99. The number of hydrogen-bond donors (Lipinski definition) is 4. The zero-order chi connectivity index (χ0) is 35.2. The molecule has 2 bridgehead atoms. The van der Waals surface area contributed by atoms with E-state index in [1.807, 2.05) is 13.1 Å². The van der Waals surface area contributed by atoms with E-state index in [1.165, 1.54) is 31.4 Å². The van der Waals surface area contributed by atoms with Crippen LogP contribution in [0.5, 0.6) is 11.5 Å². The number of ether oxygens (including phenoxy) is 5. The molecule has 0 saturated carbocycles. The lowest BCUT2D eigenvalue weighted by Gasteiger charge is -2.61. The van der Waals surface area contributed by atoms with Gasteiger partial charge in [-0.25, -0.2) is 14.4 Å². The smallest absolute Gasteiger partial charge is 0.353 e. The van der Waals surface area contributed by atoms with Crippen LogP contribution in [0.25, 0.3) is 0 Å². The predicted molar refractivity (Wildman–Crippen MR) is 163 cm³/mol. The fourth-order valence-electron chi connectivity index (χ4n) is 7.62. The van der Waals surface area contributed by atoms with Crippen molar-refractivity contribution in [3.63, 3.8) is 0 Å². The Labute approximate surface area is 279 Å². The van der Waals surface area contributed by atoms with Crippen molar-refractivity contribution >= 4 is 29.8 Å². The summed E-state index contributed by atoms with van der Waals surface area (Å²) >= 11 is 0. The number of rotatable bonds is 12. The van der Waals surface area contributed by atoms with E-state index in [0.29, 0.717) is 30.9 Å². The van der Waals surface area contributed by atoms with Crippen molar-refractivity contribution < 1.29 is 68.1 Å². The topological polar surface area (TPSA) is 216 Å². The highest BCUT2D eigenvalue weighted by Gasteiger charge is 2.72. The molecule has 1 saturated heterocycles. The average molecular weight is 682 g/mol. The van der Waals surface area contributed by atoms with E-state index in [9.17, 15) is 39.3 Å². The number of methoxy groups -OCH3 is 1.